The second kappa shape index (κ2) is 16.9. The second-order valence-electron chi connectivity index (χ2n) is 10.7. The molecule has 1 aliphatic heterocycles. The Hall–Kier alpha value is -2.84. The number of likely N-dealkylation sites (tertiary alicyclic amines) is 1. The minimum absolute atomic E-state index is 0.0140. The number of pyridine rings is 1. The summed E-state index contributed by atoms with van der Waals surface area (Å²) in [6.45, 7) is 8.79. The van der Waals surface area contributed by atoms with Gasteiger partial charge in [0.25, 0.3) is 0 Å². The van der Waals surface area contributed by atoms with E-state index in [4.69, 9.17) is 29.7 Å². The van der Waals surface area contributed by atoms with Crippen molar-refractivity contribution in [3.8, 4) is 0 Å². The highest BCUT2D eigenvalue weighted by molar-refractivity contribution is 7.19. The zero-order valence-electron chi connectivity index (χ0n) is 25.6. The number of thiophene rings is 1. The van der Waals surface area contributed by atoms with Crippen LogP contribution in [0.1, 0.15) is 43.3 Å². The van der Waals surface area contributed by atoms with Crippen LogP contribution in [0.3, 0.4) is 0 Å². The number of hydrogen-bond acceptors (Lipinski definition) is 11. The highest BCUT2D eigenvalue weighted by Crippen LogP contribution is 2.35. The molecule has 4 rings (SSSR count). The van der Waals surface area contributed by atoms with Gasteiger partial charge in [-0.2, -0.15) is 0 Å². The van der Waals surface area contributed by atoms with E-state index in [2.05, 4.69) is 34.2 Å². The smallest absolute Gasteiger partial charge is 0.331 e. The number of imidazole rings is 1. The van der Waals surface area contributed by atoms with Gasteiger partial charge in [-0.05, 0) is 38.2 Å². The van der Waals surface area contributed by atoms with Crippen LogP contribution in [-0.4, -0.2) is 104 Å². The Morgan fingerprint density at radius 2 is 1.65 bits per heavy atom. The Kier molecular flexibility index (Phi) is 13.0. The van der Waals surface area contributed by atoms with E-state index in [0.29, 0.717) is 51.4 Å². The predicted molar refractivity (Wildman–Crippen MR) is 165 cm³/mol. The fourth-order valence-electron chi connectivity index (χ4n) is 5.21. The Bertz CT molecular complexity index is 1340. The van der Waals surface area contributed by atoms with Gasteiger partial charge in [-0.3, -0.25) is 4.79 Å². The monoisotopic (exact) mass is 619 g/mol. The van der Waals surface area contributed by atoms with Gasteiger partial charge in [-0.25, -0.2) is 14.8 Å². The van der Waals surface area contributed by atoms with Gasteiger partial charge >= 0.3 is 5.97 Å². The van der Waals surface area contributed by atoms with Crippen LogP contribution in [0.5, 0.6) is 0 Å². The zero-order valence-corrected chi connectivity index (χ0v) is 26.4. The van der Waals surface area contributed by atoms with Gasteiger partial charge in [-0.15, -0.1) is 11.3 Å². The first-order chi connectivity index (χ1) is 20.9. The first-order valence-electron chi connectivity index (χ1n) is 15.1. The lowest BCUT2D eigenvalue weighted by Gasteiger charge is -2.32. The van der Waals surface area contributed by atoms with Gasteiger partial charge in [0, 0.05) is 30.9 Å². The van der Waals surface area contributed by atoms with E-state index < -0.39 is 5.97 Å². The summed E-state index contributed by atoms with van der Waals surface area (Å²) < 4.78 is 29.5. The van der Waals surface area contributed by atoms with Crippen molar-refractivity contribution in [1.82, 2.24) is 19.4 Å². The van der Waals surface area contributed by atoms with Crippen LogP contribution >= 0.6 is 11.3 Å². The summed E-state index contributed by atoms with van der Waals surface area (Å²) in [6.07, 6.45) is 4.95. The maximum atomic E-state index is 12.7. The maximum absolute atomic E-state index is 12.7. The molecule has 2 N–H and O–H groups in total. The molecule has 1 fully saturated rings. The van der Waals surface area contributed by atoms with E-state index in [-0.39, 0.29) is 19.1 Å². The van der Waals surface area contributed by atoms with Crippen LogP contribution in [0.25, 0.3) is 21.3 Å². The molecule has 3 aromatic rings. The molecule has 0 bridgehead atoms. The molecular formula is C30H45N5O7S. The molecule has 13 heteroatoms. The number of nitrogens with zero attached hydrogens (tertiary/aromatic N) is 4. The number of hydrogen-bond donors (Lipinski definition) is 1. The van der Waals surface area contributed by atoms with Crippen molar-refractivity contribution < 1.29 is 33.3 Å². The molecule has 1 amide bonds. The Labute approximate surface area is 256 Å². The molecule has 43 heavy (non-hydrogen) atoms. The summed E-state index contributed by atoms with van der Waals surface area (Å²) in [5, 5.41) is 0. The lowest BCUT2D eigenvalue weighted by Crippen LogP contribution is -2.41. The van der Waals surface area contributed by atoms with E-state index >= 15 is 0 Å². The van der Waals surface area contributed by atoms with Crippen LogP contribution in [0.2, 0.25) is 0 Å². The highest BCUT2D eigenvalue weighted by atomic mass is 32.1. The lowest BCUT2D eigenvalue weighted by atomic mass is 9.96. The number of nitrogen functional groups attached to an aromatic ring is 1. The fourth-order valence-corrected chi connectivity index (χ4v) is 6.22. The topological polar surface area (TPSA) is 140 Å². The number of aryl methyl sites for hydroxylation is 2. The number of amides is 1. The van der Waals surface area contributed by atoms with Gasteiger partial charge in [-0.1, -0.05) is 13.3 Å². The Morgan fingerprint density at radius 3 is 2.30 bits per heavy atom. The minimum Gasteiger partial charge on any atom is -0.467 e. The number of esters is 1. The predicted octanol–water partition coefficient (Wildman–Crippen LogP) is 3.36. The van der Waals surface area contributed by atoms with Gasteiger partial charge in [0.1, 0.15) is 24.6 Å². The average molecular weight is 620 g/mol. The quantitative estimate of drug-likeness (QED) is 0.167. The number of aromatic nitrogens is 3. The van der Waals surface area contributed by atoms with E-state index in [0.717, 1.165) is 78.8 Å². The summed E-state index contributed by atoms with van der Waals surface area (Å²) in [6, 6.07) is 2.10. The number of nitrogens with two attached hydrogens (primary N) is 1. The Balaban J connectivity index is 1.17. The first-order valence-corrected chi connectivity index (χ1v) is 15.9. The molecule has 0 aliphatic carbocycles. The summed E-state index contributed by atoms with van der Waals surface area (Å²) in [5.74, 6) is 1.62. The molecular weight excluding hydrogens is 574 g/mol. The zero-order chi connectivity index (χ0) is 30.6. The molecule has 238 valence electrons. The fraction of sp³-hybridized carbons (Fsp3) is 0.667. The first kappa shape index (κ1) is 33.1. The van der Waals surface area contributed by atoms with Gasteiger partial charge in [0.2, 0.25) is 5.91 Å². The highest BCUT2D eigenvalue weighted by Gasteiger charge is 2.26. The molecule has 0 atom stereocenters. The number of anilines is 1. The van der Waals surface area contributed by atoms with Crippen LogP contribution in [0.15, 0.2) is 6.07 Å². The molecule has 1 aliphatic rings. The maximum Gasteiger partial charge on any atom is 0.331 e. The number of methoxy groups -OCH3 is 1. The van der Waals surface area contributed by atoms with Crippen molar-refractivity contribution in [2.45, 2.75) is 52.5 Å². The van der Waals surface area contributed by atoms with Crippen molar-refractivity contribution >= 4 is 50.3 Å². The molecule has 0 saturated carbocycles. The van der Waals surface area contributed by atoms with Crippen LogP contribution in [0, 0.1) is 12.8 Å². The number of piperidine rings is 1. The third-order valence-corrected chi connectivity index (χ3v) is 8.58. The molecule has 1 saturated heterocycles. The molecule has 0 radical (unpaired) electrons. The number of carbonyl (C=O) groups excluding carboxylic acids is 2. The molecule has 0 aromatic carbocycles. The second-order valence-corrected chi connectivity index (χ2v) is 12.0. The summed E-state index contributed by atoms with van der Waals surface area (Å²) >= 11 is 1.75. The van der Waals surface area contributed by atoms with E-state index in [1.165, 1.54) is 12.0 Å². The summed E-state index contributed by atoms with van der Waals surface area (Å²) in [5.41, 5.74) is 9.23. The van der Waals surface area contributed by atoms with Crippen molar-refractivity contribution in [2.75, 3.05) is 78.8 Å². The third-order valence-electron chi connectivity index (χ3n) is 7.53. The lowest BCUT2D eigenvalue weighted by molar-refractivity contribution is -0.146. The molecule has 12 nitrogen and oxygen atoms in total. The number of unbranched alkanes of at least 4 members (excludes halogenated alkanes) is 1. The molecule has 4 heterocycles. The SMILES string of the molecule is CCCCc1nc2c(N)nc3cc(C)sc3c2n1CC1CCN(C(=O)COCCOCCOCCOCC(=O)OC)CC1. The Morgan fingerprint density at radius 1 is 1.00 bits per heavy atom. The minimum atomic E-state index is -0.415. The van der Waals surface area contributed by atoms with Crippen LogP contribution < -0.4 is 5.73 Å². The standard InChI is InChI=1S/C30H45N5O7S/c1-4-5-6-24-33-27-28(29-23(32-30(27)31)17-21(2)43-29)35(24)18-22-7-9-34(10-8-22)25(36)19-41-15-13-39-11-12-40-14-16-42-20-26(37)38-3/h17,22H,4-16,18-20H2,1-3H3,(H2,31,32). The van der Waals surface area contributed by atoms with Crippen molar-refractivity contribution in [2.24, 2.45) is 5.92 Å². The van der Waals surface area contributed by atoms with E-state index in [1.807, 2.05) is 4.90 Å². The van der Waals surface area contributed by atoms with Crippen molar-refractivity contribution in [3.05, 3.63) is 16.8 Å². The number of carbonyl (C=O) groups is 2. The molecule has 3 aromatic heterocycles. The van der Waals surface area contributed by atoms with Crippen molar-refractivity contribution in [1.29, 1.82) is 0 Å². The van der Waals surface area contributed by atoms with E-state index in [9.17, 15) is 9.59 Å². The normalized spacial score (nSPS) is 14.3. The largest absolute Gasteiger partial charge is 0.467 e. The number of rotatable bonds is 18. The van der Waals surface area contributed by atoms with E-state index in [1.54, 1.807) is 11.3 Å². The third kappa shape index (κ3) is 9.32. The van der Waals surface area contributed by atoms with Gasteiger partial charge in [0.05, 0.1) is 62.5 Å². The number of fused-ring (bicyclic) bond motifs is 3. The number of ether oxygens (including phenoxy) is 5. The van der Waals surface area contributed by atoms with Gasteiger partial charge < -0.3 is 38.9 Å². The van der Waals surface area contributed by atoms with Crippen LogP contribution in [0.4, 0.5) is 5.82 Å². The van der Waals surface area contributed by atoms with Crippen LogP contribution in [-0.2, 0) is 46.2 Å². The molecule has 0 spiro atoms. The average Bonchev–Trinajstić information content (AvgIpc) is 3.56. The van der Waals surface area contributed by atoms with Crippen molar-refractivity contribution in [3.63, 3.8) is 0 Å². The van der Waals surface area contributed by atoms with Gasteiger partial charge in [0.15, 0.2) is 5.82 Å². The summed E-state index contributed by atoms with van der Waals surface area (Å²) in [4.78, 5) is 36.4. The summed E-state index contributed by atoms with van der Waals surface area (Å²) in [7, 11) is 1.31. The molecule has 0 unspecified atom stereocenters.